The maximum atomic E-state index is 12.4. The number of nitrogens with zero attached hydrogens (tertiary/aromatic N) is 4. The molecule has 7 heteroatoms. The summed E-state index contributed by atoms with van der Waals surface area (Å²) in [4.78, 5) is 25.3. The highest BCUT2D eigenvalue weighted by atomic mass is 16.5. The number of anilines is 1. The molecule has 0 radical (unpaired) electrons. The highest BCUT2D eigenvalue weighted by Crippen LogP contribution is 2.17. The molecule has 0 aliphatic carbocycles. The van der Waals surface area contributed by atoms with Crippen molar-refractivity contribution < 1.29 is 9.53 Å². The van der Waals surface area contributed by atoms with Gasteiger partial charge in [-0.2, -0.15) is 4.98 Å². The van der Waals surface area contributed by atoms with Crippen molar-refractivity contribution in [3.63, 3.8) is 0 Å². The summed E-state index contributed by atoms with van der Waals surface area (Å²) in [5.41, 5.74) is 5.22. The molecule has 1 fully saturated rings. The van der Waals surface area contributed by atoms with Crippen molar-refractivity contribution in [2.75, 3.05) is 51.3 Å². The zero-order valence-corrected chi connectivity index (χ0v) is 17.9. The molecule has 0 unspecified atom stereocenters. The first-order valence-corrected chi connectivity index (χ1v) is 10.1. The number of piperazine rings is 1. The zero-order valence-electron chi connectivity index (χ0n) is 17.9. The maximum absolute atomic E-state index is 12.4. The molecule has 1 saturated heterocycles. The van der Waals surface area contributed by atoms with E-state index >= 15 is 0 Å². The smallest absolute Gasteiger partial charge is 0.234 e. The second-order valence-corrected chi connectivity index (χ2v) is 7.66. The molecule has 1 aromatic carbocycles. The fourth-order valence-corrected chi connectivity index (χ4v) is 3.91. The molecule has 1 aliphatic heterocycles. The number of rotatable bonds is 7. The van der Waals surface area contributed by atoms with Crippen LogP contribution in [0.2, 0.25) is 0 Å². The molecule has 3 rings (SSSR count). The number of methoxy groups -OCH3 is 1. The molecule has 0 saturated carbocycles. The van der Waals surface area contributed by atoms with Crippen molar-refractivity contribution in [2.24, 2.45) is 0 Å². The van der Waals surface area contributed by atoms with Gasteiger partial charge in [0, 0.05) is 32.7 Å². The van der Waals surface area contributed by atoms with E-state index in [2.05, 4.69) is 58.0 Å². The third kappa shape index (κ3) is 5.67. The molecule has 1 N–H and O–H groups in total. The number of hydrogen-bond donors (Lipinski definition) is 1. The van der Waals surface area contributed by atoms with Crippen molar-refractivity contribution in [3.8, 4) is 5.88 Å². The van der Waals surface area contributed by atoms with E-state index in [-0.39, 0.29) is 5.91 Å². The quantitative estimate of drug-likeness (QED) is 0.769. The maximum Gasteiger partial charge on any atom is 0.234 e. The second kappa shape index (κ2) is 9.69. The third-order valence-electron chi connectivity index (χ3n) is 5.41. The summed E-state index contributed by atoms with van der Waals surface area (Å²) in [6.45, 7) is 10.8. The minimum absolute atomic E-state index is 0.0852. The molecular weight excluding hydrogens is 366 g/mol. The second-order valence-electron chi connectivity index (χ2n) is 7.66. The van der Waals surface area contributed by atoms with Gasteiger partial charge in [-0.25, -0.2) is 0 Å². The Morgan fingerprint density at radius 1 is 1.10 bits per heavy atom. The lowest BCUT2D eigenvalue weighted by Gasteiger charge is -2.34. The van der Waals surface area contributed by atoms with Crippen LogP contribution in [0.1, 0.15) is 22.3 Å². The fourth-order valence-electron chi connectivity index (χ4n) is 3.91. The Hall–Kier alpha value is -2.67. The lowest BCUT2D eigenvalue weighted by atomic mass is 9.97. The van der Waals surface area contributed by atoms with Crippen molar-refractivity contribution in [3.05, 3.63) is 46.8 Å². The molecule has 156 valence electrons. The Kier molecular flexibility index (Phi) is 7.04. The van der Waals surface area contributed by atoms with Gasteiger partial charge in [0.15, 0.2) is 5.82 Å². The monoisotopic (exact) mass is 397 g/mol. The lowest BCUT2D eigenvalue weighted by Crippen LogP contribution is -2.49. The lowest BCUT2D eigenvalue weighted by molar-refractivity contribution is -0.122. The number of hydrogen-bond acceptors (Lipinski definition) is 6. The summed E-state index contributed by atoms with van der Waals surface area (Å²) in [6, 6.07) is 4.41. The Labute approximate surface area is 173 Å². The van der Waals surface area contributed by atoms with E-state index < -0.39 is 0 Å². The number of benzene rings is 1. The minimum Gasteiger partial charge on any atom is -0.480 e. The molecule has 1 amide bonds. The van der Waals surface area contributed by atoms with E-state index in [4.69, 9.17) is 4.74 Å². The van der Waals surface area contributed by atoms with E-state index in [1.54, 1.807) is 19.5 Å². The van der Waals surface area contributed by atoms with Crippen LogP contribution in [0, 0.1) is 20.8 Å². The predicted octanol–water partition coefficient (Wildman–Crippen LogP) is 1.89. The van der Waals surface area contributed by atoms with Gasteiger partial charge in [0.05, 0.1) is 26.0 Å². The van der Waals surface area contributed by atoms with Gasteiger partial charge in [0.25, 0.3) is 0 Å². The number of nitrogens with one attached hydrogen (secondary N) is 1. The highest BCUT2D eigenvalue weighted by Gasteiger charge is 2.20. The summed E-state index contributed by atoms with van der Waals surface area (Å²) in [5.74, 6) is 1.42. The molecule has 0 atom stereocenters. The van der Waals surface area contributed by atoms with E-state index in [0.29, 0.717) is 19.0 Å². The fraction of sp³-hybridized carbons (Fsp3) is 0.500. The number of aromatic nitrogens is 2. The molecule has 2 aromatic rings. The first kappa shape index (κ1) is 21.0. The largest absolute Gasteiger partial charge is 0.480 e. The van der Waals surface area contributed by atoms with Gasteiger partial charge < -0.3 is 15.0 Å². The van der Waals surface area contributed by atoms with E-state index in [1.807, 2.05) is 0 Å². The van der Waals surface area contributed by atoms with Gasteiger partial charge in [0.1, 0.15) is 0 Å². The van der Waals surface area contributed by atoms with Gasteiger partial charge in [-0.05, 0) is 43.9 Å². The Morgan fingerprint density at radius 3 is 2.45 bits per heavy atom. The SMILES string of the molecule is COc1cncc(N2CCN(CC(=O)NCCc3c(C)cc(C)cc3C)CC2)n1. The predicted molar refractivity (Wildman–Crippen MR) is 115 cm³/mol. The number of carbonyl (C=O) groups excluding carboxylic acids is 1. The van der Waals surface area contributed by atoms with Crippen molar-refractivity contribution in [2.45, 2.75) is 27.2 Å². The van der Waals surface area contributed by atoms with Crippen LogP contribution in [0.5, 0.6) is 5.88 Å². The normalized spacial score (nSPS) is 14.7. The third-order valence-corrected chi connectivity index (χ3v) is 5.41. The van der Waals surface area contributed by atoms with Crippen LogP contribution < -0.4 is 15.0 Å². The molecular formula is C22H31N5O2. The number of amides is 1. The van der Waals surface area contributed by atoms with Crippen molar-refractivity contribution in [1.29, 1.82) is 0 Å². The van der Waals surface area contributed by atoms with Crippen LogP contribution in [0.15, 0.2) is 24.5 Å². The molecule has 0 spiro atoms. The van der Waals surface area contributed by atoms with E-state index in [1.165, 1.54) is 22.3 Å². The van der Waals surface area contributed by atoms with Crippen LogP contribution in [-0.4, -0.2) is 67.2 Å². The minimum atomic E-state index is 0.0852. The zero-order chi connectivity index (χ0) is 20.8. The van der Waals surface area contributed by atoms with Crippen LogP contribution in [-0.2, 0) is 11.2 Å². The summed E-state index contributed by atoms with van der Waals surface area (Å²) in [6.07, 6.45) is 4.22. The van der Waals surface area contributed by atoms with Crippen LogP contribution in [0.25, 0.3) is 0 Å². The van der Waals surface area contributed by atoms with Gasteiger partial charge in [-0.1, -0.05) is 17.7 Å². The van der Waals surface area contributed by atoms with Crippen LogP contribution >= 0.6 is 0 Å². The number of aryl methyl sites for hydroxylation is 3. The standard InChI is InChI=1S/C22H31N5O2/c1-16-11-17(2)19(18(3)12-16)5-6-24-21(28)15-26-7-9-27(10-8-26)20-13-23-14-22(25-20)29-4/h11-14H,5-10,15H2,1-4H3,(H,24,28). The van der Waals surface area contributed by atoms with Crippen LogP contribution in [0.4, 0.5) is 5.82 Å². The first-order valence-electron chi connectivity index (χ1n) is 10.1. The van der Waals surface area contributed by atoms with Gasteiger partial charge in [0.2, 0.25) is 11.8 Å². The molecule has 2 heterocycles. The first-order chi connectivity index (χ1) is 14.0. The van der Waals surface area contributed by atoms with Gasteiger partial charge >= 0.3 is 0 Å². The summed E-state index contributed by atoms with van der Waals surface area (Å²) in [7, 11) is 1.59. The number of carbonyl (C=O) groups is 1. The van der Waals surface area contributed by atoms with E-state index in [0.717, 1.165) is 38.4 Å². The Balaban J connectivity index is 1.42. The Bertz CT molecular complexity index is 824. The molecule has 7 nitrogen and oxygen atoms in total. The molecule has 0 bridgehead atoms. The summed E-state index contributed by atoms with van der Waals surface area (Å²) < 4.78 is 5.15. The molecule has 29 heavy (non-hydrogen) atoms. The van der Waals surface area contributed by atoms with Gasteiger partial charge in [-0.3, -0.25) is 14.7 Å². The average molecular weight is 398 g/mol. The Morgan fingerprint density at radius 2 is 1.79 bits per heavy atom. The summed E-state index contributed by atoms with van der Waals surface area (Å²) >= 11 is 0. The topological polar surface area (TPSA) is 70.6 Å². The van der Waals surface area contributed by atoms with E-state index in [9.17, 15) is 4.79 Å². The molecule has 1 aromatic heterocycles. The van der Waals surface area contributed by atoms with Crippen molar-refractivity contribution >= 4 is 11.7 Å². The van der Waals surface area contributed by atoms with Gasteiger partial charge in [-0.15, -0.1) is 0 Å². The highest BCUT2D eigenvalue weighted by molar-refractivity contribution is 5.78. The van der Waals surface area contributed by atoms with Crippen molar-refractivity contribution in [1.82, 2.24) is 20.2 Å². The summed E-state index contributed by atoms with van der Waals surface area (Å²) in [5, 5.41) is 3.07. The number of ether oxygens (including phenoxy) is 1. The van der Waals surface area contributed by atoms with Crippen LogP contribution in [0.3, 0.4) is 0 Å². The average Bonchev–Trinajstić information content (AvgIpc) is 2.70. The molecule has 1 aliphatic rings.